The molecular weight excluding hydrogens is 150 g/mol. The van der Waals surface area contributed by atoms with Crippen LogP contribution in [0.2, 0.25) is 0 Å². The van der Waals surface area contributed by atoms with E-state index in [-0.39, 0.29) is 1.43 Å². The lowest BCUT2D eigenvalue weighted by Crippen LogP contribution is -2.32. The fraction of sp³-hybridized carbons (Fsp3) is 1.00. The van der Waals surface area contributed by atoms with Crippen molar-refractivity contribution < 1.29 is 6.16 Å². The molecule has 0 aromatic rings. The molecule has 1 N–H and O–H groups in total. The summed E-state index contributed by atoms with van der Waals surface area (Å²) in [5.74, 6) is 0. The molecule has 0 heterocycles. The van der Waals surface area contributed by atoms with E-state index in [1.165, 1.54) is 12.8 Å². The van der Waals surface area contributed by atoms with Crippen molar-refractivity contribution in [3.63, 3.8) is 0 Å². The van der Waals surface area contributed by atoms with Crippen molar-refractivity contribution in [3.8, 4) is 0 Å². The quantitative estimate of drug-likeness (QED) is 0.673. The van der Waals surface area contributed by atoms with Crippen molar-refractivity contribution in [2.45, 2.75) is 46.6 Å². The molecule has 0 radical (unpaired) electrons. The fourth-order valence-corrected chi connectivity index (χ4v) is 1.08. The van der Waals surface area contributed by atoms with Crippen LogP contribution >= 0.6 is 0 Å². The third-order valence-electron chi connectivity index (χ3n) is 1.50. The Morgan fingerprint density at radius 2 is 1.92 bits per heavy atom. The second-order valence-electron chi connectivity index (χ2n) is 2.50. The van der Waals surface area contributed by atoms with E-state index >= 15 is 0 Å². The number of hydrogen-bond donors (Lipinski definition) is 1. The van der Waals surface area contributed by atoms with Crippen LogP contribution in [0.25, 0.3) is 0 Å². The second-order valence-corrected chi connectivity index (χ2v) is 2.50. The van der Waals surface area contributed by atoms with Gasteiger partial charge in [-0.3, -0.25) is 0 Å². The van der Waals surface area contributed by atoms with E-state index < -0.39 is 0 Å². The normalized spacial score (nSPS) is 11.8. The van der Waals surface area contributed by atoms with Gasteiger partial charge in [-0.05, 0) is 13.0 Å². The first-order valence-corrected chi connectivity index (χ1v) is 5.07. The Balaban J connectivity index is -0.000000309. The molecule has 0 aliphatic carbocycles. The SMILES string of the molecule is CC.CCCC(COC)NCC.[HH]. The van der Waals surface area contributed by atoms with Gasteiger partial charge < -0.3 is 10.1 Å². The Morgan fingerprint density at radius 3 is 2.25 bits per heavy atom. The highest BCUT2D eigenvalue weighted by molar-refractivity contribution is 4.63. The van der Waals surface area contributed by atoms with Crippen molar-refractivity contribution in [1.29, 1.82) is 0 Å². The molecule has 0 aliphatic heterocycles. The predicted octanol–water partition coefficient (Wildman–Crippen LogP) is 2.68. The summed E-state index contributed by atoms with van der Waals surface area (Å²) in [6.07, 6.45) is 2.43. The molecule has 12 heavy (non-hydrogen) atoms. The Morgan fingerprint density at radius 1 is 1.33 bits per heavy atom. The lowest BCUT2D eigenvalue weighted by molar-refractivity contribution is 0.163. The zero-order valence-electron chi connectivity index (χ0n) is 9.31. The smallest absolute Gasteiger partial charge is 0.0615 e. The van der Waals surface area contributed by atoms with Gasteiger partial charge >= 0.3 is 0 Å². The molecule has 0 saturated carbocycles. The van der Waals surface area contributed by atoms with E-state index in [1.54, 1.807) is 7.11 Å². The van der Waals surface area contributed by atoms with E-state index in [4.69, 9.17) is 4.74 Å². The van der Waals surface area contributed by atoms with E-state index in [0.717, 1.165) is 13.2 Å². The molecule has 0 rings (SSSR count). The number of nitrogens with one attached hydrogen (secondary N) is 1. The van der Waals surface area contributed by atoms with Gasteiger partial charge in [0.25, 0.3) is 0 Å². The highest BCUT2D eigenvalue weighted by atomic mass is 16.5. The molecule has 78 valence electrons. The topological polar surface area (TPSA) is 21.3 Å². The number of likely N-dealkylation sites (N-methyl/N-ethyl adjacent to an activating group) is 1. The average Bonchev–Trinajstić information content (AvgIpc) is 2.10. The van der Waals surface area contributed by atoms with Gasteiger partial charge in [-0.2, -0.15) is 0 Å². The summed E-state index contributed by atoms with van der Waals surface area (Å²) in [6, 6.07) is 0.556. The van der Waals surface area contributed by atoms with Crippen LogP contribution in [0.5, 0.6) is 0 Å². The molecule has 0 aliphatic rings. The number of hydrogen-bond acceptors (Lipinski definition) is 2. The first-order chi connectivity index (χ1) is 5.85. The lowest BCUT2D eigenvalue weighted by Gasteiger charge is -2.15. The summed E-state index contributed by atoms with van der Waals surface area (Å²) < 4.78 is 5.05. The first kappa shape index (κ1) is 14.4. The van der Waals surface area contributed by atoms with Crippen LogP contribution in [-0.4, -0.2) is 26.3 Å². The molecule has 0 aromatic carbocycles. The van der Waals surface area contributed by atoms with Gasteiger partial charge in [0.05, 0.1) is 6.61 Å². The molecule has 0 spiro atoms. The Kier molecular flexibility index (Phi) is 16.3. The Hall–Kier alpha value is -0.0800. The zero-order valence-corrected chi connectivity index (χ0v) is 9.31. The van der Waals surface area contributed by atoms with Crippen LogP contribution in [0.4, 0.5) is 0 Å². The number of methoxy groups -OCH3 is 1. The van der Waals surface area contributed by atoms with Gasteiger partial charge in [-0.25, -0.2) is 0 Å². The molecule has 1 unspecified atom stereocenters. The van der Waals surface area contributed by atoms with Gasteiger partial charge in [0.2, 0.25) is 0 Å². The maximum absolute atomic E-state index is 5.05. The molecule has 0 fully saturated rings. The fourth-order valence-electron chi connectivity index (χ4n) is 1.08. The summed E-state index contributed by atoms with van der Waals surface area (Å²) in [5.41, 5.74) is 0. The molecule has 0 aromatic heterocycles. The first-order valence-electron chi connectivity index (χ1n) is 5.07. The van der Waals surface area contributed by atoms with Crippen molar-refractivity contribution in [2.75, 3.05) is 20.3 Å². The molecular formula is C10H27NO. The van der Waals surface area contributed by atoms with Gasteiger partial charge in [0.15, 0.2) is 0 Å². The van der Waals surface area contributed by atoms with E-state index in [0.29, 0.717) is 6.04 Å². The maximum Gasteiger partial charge on any atom is 0.0615 e. The van der Waals surface area contributed by atoms with Gasteiger partial charge in [0.1, 0.15) is 0 Å². The molecule has 1 atom stereocenters. The highest BCUT2D eigenvalue weighted by Gasteiger charge is 2.03. The number of rotatable bonds is 6. The average molecular weight is 177 g/mol. The van der Waals surface area contributed by atoms with Crippen molar-refractivity contribution in [3.05, 3.63) is 0 Å². The molecule has 0 amide bonds. The summed E-state index contributed by atoms with van der Waals surface area (Å²) in [7, 11) is 1.75. The molecule has 0 bridgehead atoms. The minimum Gasteiger partial charge on any atom is -0.383 e. The van der Waals surface area contributed by atoms with Crippen molar-refractivity contribution >= 4 is 0 Å². The standard InChI is InChI=1S/C8H19NO.C2H6.H2/c1-4-6-8(7-10-3)9-5-2;1-2;/h8-9H,4-7H2,1-3H3;1-2H3;1H. The van der Waals surface area contributed by atoms with Crippen LogP contribution in [0.3, 0.4) is 0 Å². The largest absolute Gasteiger partial charge is 0.383 e. The van der Waals surface area contributed by atoms with E-state index in [1.807, 2.05) is 13.8 Å². The van der Waals surface area contributed by atoms with Crippen LogP contribution < -0.4 is 5.32 Å². The van der Waals surface area contributed by atoms with Crippen molar-refractivity contribution in [2.24, 2.45) is 0 Å². The van der Waals surface area contributed by atoms with Gasteiger partial charge in [-0.15, -0.1) is 0 Å². The minimum atomic E-state index is 0. The zero-order chi connectivity index (χ0) is 9.82. The Bertz CT molecular complexity index is 57.7. The summed E-state index contributed by atoms with van der Waals surface area (Å²) in [4.78, 5) is 0. The highest BCUT2D eigenvalue weighted by Crippen LogP contribution is 1.95. The molecule has 0 saturated heterocycles. The predicted molar refractivity (Wildman–Crippen MR) is 57.7 cm³/mol. The van der Waals surface area contributed by atoms with Gasteiger partial charge in [0, 0.05) is 14.6 Å². The van der Waals surface area contributed by atoms with E-state index in [2.05, 4.69) is 19.2 Å². The summed E-state index contributed by atoms with van der Waals surface area (Å²) >= 11 is 0. The minimum absolute atomic E-state index is 0. The van der Waals surface area contributed by atoms with Crippen LogP contribution in [0.1, 0.15) is 42.0 Å². The van der Waals surface area contributed by atoms with Crippen molar-refractivity contribution in [1.82, 2.24) is 5.32 Å². The Labute approximate surface area is 79.2 Å². The van der Waals surface area contributed by atoms with Crippen LogP contribution in [0, 0.1) is 0 Å². The van der Waals surface area contributed by atoms with Crippen LogP contribution in [-0.2, 0) is 4.74 Å². The number of ether oxygens (including phenoxy) is 1. The summed E-state index contributed by atoms with van der Waals surface area (Å²) in [5, 5.41) is 3.36. The molecule has 2 heteroatoms. The third kappa shape index (κ3) is 9.92. The van der Waals surface area contributed by atoms with Gasteiger partial charge in [-0.1, -0.05) is 34.1 Å². The molecule has 2 nitrogen and oxygen atoms in total. The summed E-state index contributed by atoms with van der Waals surface area (Å²) in [6.45, 7) is 10.2. The van der Waals surface area contributed by atoms with Crippen LogP contribution in [0.15, 0.2) is 0 Å². The second kappa shape index (κ2) is 13.5. The van der Waals surface area contributed by atoms with E-state index in [9.17, 15) is 0 Å². The lowest BCUT2D eigenvalue weighted by atomic mass is 10.2. The third-order valence-corrected chi connectivity index (χ3v) is 1.50. The monoisotopic (exact) mass is 177 g/mol. The maximum atomic E-state index is 5.05.